The molecule has 1 aliphatic heterocycles. The number of ether oxygens (including phenoxy) is 1. The minimum Gasteiger partial charge on any atom is -0.363 e. The summed E-state index contributed by atoms with van der Waals surface area (Å²) in [5, 5.41) is 9.73. The molecular formula is C21H25F2N7O4S2. The van der Waals surface area contributed by atoms with Crippen LogP contribution in [-0.2, 0) is 19.6 Å². The van der Waals surface area contributed by atoms with Crippen molar-refractivity contribution in [3.05, 3.63) is 23.5 Å². The number of alkyl halides is 2. The molecule has 0 bridgehead atoms. The quantitative estimate of drug-likeness (QED) is 0.464. The monoisotopic (exact) mass is 541 g/mol. The lowest BCUT2D eigenvalue weighted by molar-refractivity contribution is -0.136. The van der Waals surface area contributed by atoms with Crippen LogP contribution in [0.3, 0.4) is 0 Å². The number of hydrogen-bond donors (Lipinski definition) is 2. The molecule has 194 valence electrons. The first-order valence-electron chi connectivity index (χ1n) is 11.3. The van der Waals surface area contributed by atoms with Gasteiger partial charge in [-0.05, 0) is 32.8 Å². The summed E-state index contributed by atoms with van der Waals surface area (Å²) in [5.74, 6) is -0.299. The van der Waals surface area contributed by atoms with Crippen molar-refractivity contribution in [1.82, 2.24) is 29.6 Å². The van der Waals surface area contributed by atoms with Gasteiger partial charge >= 0.3 is 0 Å². The molecule has 4 heterocycles. The highest BCUT2D eigenvalue weighted by molar-refractivity contribution is 7.89. The van der Waals surface area contributed by atoms with Gasteiger partial charge < -0.3 is 15.0 Å². The average molecular weight is 542 g/mol. The highest BCUT2D eigenvalue weighted by atomic mass is 32.2. The molecule has 3 aromatic rings. The zero-order valence-electron chi connectivity index (χ0n) is 19.7. The van der Waals surface area contributed by atoms with E-state index in [9.17, 15) is 22.0 Å². The van der Waals surface area contributed by atoms with Crippen LogP contribution in [0.2, 0.25) is 0 Å². The Labute approximate surface area is 209 Å². The molecule has 1 saturated heterocycles. The van der Waals surface area contributed by atoms with Gasteiger partial charge in [-0.15, -0.1) is 10.2 Å². The number of carbonyl (C=O) groups is 1. The lowest BCUT2D eigenvalue weighted by Gasteiger charge is -2.37. The summed E-state index contributed by atoms with van der Waals surface area (Å²) in [6.07, 6.45) is 0.438. The maximum absolute atomic E-state index is 13.3. The number of nitrogens with one attached hydrogen (secondary N) is 2. The maximum atomic E-state index is 13.3. The van der Waals surface area contributed by atoms with E-state index in [1.54, 1.807) is 0 Å². The van der Waals surface area contributed by atoms with E-state index in [1.165, 1.54) is 29.9 Å². The molecule has 11 nitrogen and oxygen atoms in total. The zero-order chi connectivity index (χ0) is 25.8. The van der Waals surface area contributed by atoms with Gasteiger partial charge in [0.2, 0.25) is 10.0 Å². The molecule has 1 aliphatic carbocycles. The summed E-state index contributed by atoms with van der Waals surface area (Å²) in [5.41, 5.74) is 0.678. The standard InChI is InChI=1S/C21H25F2N7O4S2/c1-11-8-29(10-15(34-11)18(31)24-3)13-6-12(36(32,33)28-21(2)4-5-21)9-30-14(7-25-17(13)30)19-26-27-20(35-19)16(22)23/h6-7,9,11,15-16,28H,4-5,8,10H2,1-3H3,(H,24,31)/t11-,15-/m0/s1. The second-order valence-electron chi connectivity index (χ2n) is 9.26. The molecule has 0 unspecified atom stereocenters. The SMILES string of the molecule is CNC(=O)[C@@H]1CN(c2cc(S(=O)(=O)NC3(C)CC3)cn3c(-c4nnc(C(F)F)s4)cnc23)C[C@H](C)O1. The van der Waals surface area contributed by atoms with E-state index >= 15 is 0 Å². The minimum absolute atomic E-state index is 0.0217. The van der Waals surface area contributed by atoms with E-state index in [1.807, 2.05) is 18.7 Å². The Morgan fingerprint density at radius 1 is 1.31 bits per heavy atom. The van der Waals surface area contributed by atoms with Crippen LogP contribution in [0, 0.1) is 0 Å². The molecule has 2 fully saturated rings. The number of fused-ring (bicyclic) bond motifs is 1. The number of sulfonamides is 1. The summed E-state index contributed by atoms with van der Waals surface area (Å²) >= 11 is 0.711. The second-order valence-corrected chi connectivity index (χ2v) is 12.0. The van der Waals surface area contributed by atoms with Crippen molar-refractivity contribution in [1.29, 1.82) is 0 Å². The fraction of sp³-hybridized carbons (Fsp3) is 0.524. The lowest BCUT2D eigenvalue weighted by Crippen LogP contribution is -2.52. The van der Waals surface area contributed by atoms with Crippen molar-refractivity contribution in [3.8, 4) is 10.7 Å². The Kier molecular flexibility index (Phi) is 6.21. The largest absolute Gasteiger partial charge is 0.363 e. The molecular weight excluding hydrogens is 516 g/mol. The number of halogens is 2. The Balaban J connectivity index is 1.65. The van der Waals surface area contributed by atoms with Gasteiger partial charge in [0.05, 0.1) is 24.5 Å². The number of carbonyl (C=O) groups excluding carboxylic acids is 1. The average Bonchev–Trinajstić information content (AvgIpc) is 3.21. The van der Waals surface area contributed by atoms with Gasteiger partial charge in [-0.1, -0.05) is 11.3 Å². The number of morpholine rings is 1. The number of hydrogen-bond acceptors (Lipinski definition) is 9. The molecule has 15 heteroatoms. The Hall–Kier alpha value is -2.75. The van der Waals surface area contributed by atoms with Crippen LogP contribution in [0.4, 0.5) is 14.5 Å². The van der Waals surface area contributed by atoms with Crippen molar-refractivity contribution in [2.75, 3.05) is 25.0 Å². The van der Waals surface area contributed by atoms with E-state index in [0.29, 0.717) is 34.9 Å². The number of imidazole rings is 1. The van der Waals surface area contributed by atoms with Crippen LogP contribution < -0.4 is 14.9 Å². The van der Waals surface area contributed by atoms with Gasteiger partial charge in [-0.25, -0.2) is 26.9 Å². The number of likely N-dealkylation sites (N-methyl/N-ethyl adjacent to an activating group) is 1. The van der Waals surface area contributed by atoms with Crippen molar-refractivity contribution in [2.24, 2.45) is 0 Å². The molecule has 2 aliphatic rings. The first-order valence-corrected chi connectivity index (χ1v) is 13.6. The van der Waals surface area contributed by atoms with Crippen molar-refractivity contribution in [3.63, 3.8) is 0 Å². The normalized spacial score (nSPS) is 21.8. The molecule has 2 atom stereocenters. The first-order chi connectivity index (χ1) is 17.0. The van der Waals surface area contributed by atoms with Gasteiger partial charge in [0.1, 0.15) is 10.6 Å². The summed E-state index contributed by atoms with van der Waals surface area (Å²) in [6, 6.07) is 1.52. The number of nitrogens with zero attached hydrogens (tertiary/aromatic N) is 5. The summed E-state index contributed by atoms with van der Waals surface area (Å²) in [6.45, 7) is 4.20. The summed E-state index contributed by atoms with van der Waals surface area (Å²) in [4.78, 5) is 18.6. The third kappa shape index (κ3) is 4.67. The van der Waals surface area contributed by atoms with Crippen molar-refractivity contribution in [2.45, 2.75) is 55.8 Å². The molecule has 0 aromatic carbocycles. The van der Waals surface area contributed by atoms with E-state index in [4.69, 9.17) is 4.74 Å². The second kappa shape index (κ2) is 8.97. The smallest absolute Gasteiger partial charge is 0.291 e. The molecule has 5 rings (SSSR count). The Morgan fingerprint density at radius 3 is 2.69 bits per heavy atom. The summed E-state index contributed by atoms with van der Waals surface area (Å²) in [7, 11) is -2.41. The predicted octanol–water partition coefficient (Wildman–Crippen LogP) is 1.96. The maximum Gasteiger partial charge on any atom is 0.291 e. The number of pyridine rings is 1. The Morgan fingerprint density at radius 2 is 2.06 bits per heavy atom. The molecule has 1 amide bonds. The van der Waals surface area contributed by atoms with Crippen LogP contribution in [-0.4, -0.2) is 71.8 Å². The van der Waals surface area contributed by atoms with E-state index in [0.717, 1.165) is 12.8 Å². The highest BCUT2D eigenvalue weighted by Crippen LogP contribution is 2.38. The van der Waals surface area contributed by atoms with Gasteiger partial charge in [0.25, 0.3) is 12.3 Å². The van der Waals surface area contributed by atoms with E-state index in [-0.39, 0.29) is 28.5 Å². The van der Waals surface area contributed by atoms with Crippen LogP contribution in [0.1, 0.15) is 38.1 Å². The minimum atomic E-state index is -3.93. The third-order valence-electron chi connectivity index (χ3n) is 6.24. The summed E-state index contributed by atoms with van der Waals surface area (Å²) < 4.78 is 63.0. The molecule has 36 heavy (non-hydrogen) atoms. The predicted molar refractivity (Wildman–Crippen MR) is 128 cm³/mol. The molecule has 3 aromatic heterocycles. The molecule has 1 saturated carbocycles. The number of anilines is 1. The molecule has 0 radical (unpaired) electrons. The Bertz CT molecular complexity index is 1420. The van der Waals surface area contributed by atoms with Gasteiger partial charge in [-0.3, -0.25) is 9.20 Å². The van der Waals surface area contributed by atoms with Crippen LogP contribution in [0.25, 0.3) is 16.3 Å². The fourth-order valence-electron chi connectivity index (χ4n) is 4.14. The van der Waals surface area contributed by atoms with Crippen LogP contribution in [0.15, 0.2) is 23.4 Å². The number of amides is 1. The first kappa shape index (κ1) is 24.9. The lowest BCUT2D eigenvalue weighted by atomic mass is 10.2. The van der Waals surface area contributed by atoms with Crippen molar-refractivity contribution >= 4 is 38.6 Å². The number of rotatable bonds is 7. The van der Waals surface area contributed by atoms with Crippen molar-refractivity contribution < 1.29 is 26.7 Å². The highest BCUT2D eigenvalue weighted by Gasteiger charge is 2.42. The van der Waals surface area contributed by atoms with E-state index < -0.39 is 33.1 Å². The van der Waals surface area contributed by atoms with Gasteiger partial charge in [-0.2, -0.15) is 0 Å². The molecule has 0 spiro atoms. The zero-order valence-corrected chi connectivity index (χ0v) is 21.4. The topological polar surface area (TPSA) is 131 Å². The van der Waals surface area contributed by atoms with Gasteiger partial charge in [0, 0.05) is 25.3 Å². The van der Waals surface area contributed by atoms with E-state index in [2.05, 4.69) is 25.2 Å². The third-order valence-corrected chi connectivity index (χ3v) is 8.80. The van der Waals surface area contributed by atoms with Gasteiger partial charge in [0.15, 0.2) is 21.8 Å². The fourth-order valence-corrected chi connectivity index (χ4v) is 6.32. The van der Waals surface area contributed by atoms with Crippen LogP contribution >= 0.6 is 11.3 Å². The molecule has 2 N–H and O–H groups in total. The van der Waals surface area contributed by atoms with Crippen LogP contribution in [0.5, 0.6) is 0 Å². The number of aromatic nitrogens is 4.